The Morgan fingerprint density at radius 1 is 0.941 bits per heavy atom. The van der Waals surface area contributed by atoms with Crippen LogP contribution in [0.3, 0.4) is 0 Å². The Balaban J connectivity index is 3.92. The highest BCUT2D eigenvalue weighted by atomic mass is 15.2. The summed E-state index contributed by atoms with van der Waals surface area (Å²) >= 11 is 0. The van der Waals surface area contributed by atoms with Crippen LogP contribution in [-0.4, -0.2) is 30.1 Å². The average Bonchev–Trinajstić information content (AvgIpc) is 2.31. The third kappa shape index (κ3) is 7.77. The van der Waals surface area contributed by atoms with E-state index >= 15 is 0 Å². The molecule has 0 aliphatic carbocycles. The third-order valence-corrected chi connectivity index (χ3v) is 3.53. The average molecular weight is 242 g/mol. The largest absolute Gasteiger partial charge is 0.329 e. The van der Waals surface area contributed by atoms with Gasteiger partial charge in [0.2, 0.25) is 0 Å². The number of rotatable bonds is 11. The molecule has 0 saturated carbocycles. The van der Waals surface area contributed by atoms with Crippen LogP contribution in [0.2, 0.25) is 0 Å². The van der Waals surface area contributed by atoms with Crippen molar-refractivity contribution >= 4 is 0 Å². The molecule has 1 atom stereocenters. The van der Waals surface area contributed by atoms with Crippen LogP contribution < -0.4 is 5.73 Å². The lowest BCUT2D eigenvalue weighted by atomic mass is 10.0. The van der Waals surface area contributed by atoms with Crippen molar-refractivity contribution in [2.75, 3.05) is 13.1 Å². The van der Waals surface area contributed by atoms with E-state index in [0.29, 0.717) is 12.1 Å². The Morgan fingerprint density at radius 2 is 1.59 bits per heavy atom. The molecule has 0 heterocycles. The van der Waals surface area contributed by atoms with Crippen LogP contribution in [0.25, 0.3) is 0 Å². The van der Waals surface area contributed by atoms with Crippen molar-refractivity contribution in [2.45, 2.75) is 84.7 Å². The van der Waals surface area contributed by atoms with Crippen molar-refractivity contribution in [3.63, 3.8) is 0 Å². The molecule has 2 nitrogen and oxygen atoms in total. The van der Waals surface area contributed by atoms with Gasteiger partial charge in [-0.05, 0) is 33.2 Å². The molecule has 17 heavy (non-hydrogen) atoms. The summed E-state index contributed by atoms with van der Waals surface area (Å²) in [5.41, 5.74) is 5.94. The van der Waals surface area contributed by atoms with Crippen LogP contribution >= 0.6 is 0 Å². The molecular weight excluding hydrogens is 208 g/mol. The molecular formula is C15H34N2. The Labute approximate surface area is 109 Å². The number of hydrogen-bond acceptors (Lipinski definition) is 2. The molecule has 2 N–H and O–H groups in total. The maximum absolute atomic E-state index is 5.94. The normalized spacial score (nSPS) is 13.6. The number of nitrogens with zero attached hydrogens (tertiary/aromatic N) is 1. The molecule has 0 spiro atoms. The molecule has 1 unspecified atom stereocenters. The topological polar surface area (TPSA) is 29.3 Å². The van der Waals surface area contributed by atoms with Crippen molar-refractivity contribution in [3.8, 4) is 0 Å². The zero-order valence-electron chi connectivity index (χ0n) is 12.5. The highest BCUT2D eigenvalue weighted by Gasteiger charge is 2.18. The number of nitrogens with two attached hydrogens (primary N) is 1. The summed E-state index contributed by atoms with van der Waals surface area (Å²) in [6.45, 7) is 11.1. The molecule has 0 rings (SSSR count). The second kappa shape index (κ2) is 11.0. The monoisotopic (exact) mass is 242 g/mol. The Morgan fingerprint density at radius 3 is 2.06 bits per heavy atom. The van der Waals surface area contributed by atoms with E-state index in [-0.39, 0.29) is 0 Å². The van der Waals surface area contributed by atoms with Gasteiger partial charge in [-0.2, -0.15) is 0 Å². The molecule has 0 aromatic carbocycles. The van der Waals surface area contributed by atoms with Gasteiger partial charge >= 0.3 is 0 Å². The van der Waals surface area contributed by atoms with Crippen LogP contribution in [0, 0.1) is 0 Å². The first-order valence-corrected chi connectivity index (χ1v) is 7.63. The highest BCUT2D eigenvalue weighted by molar-refractivity contribution is 4.75. The van der Waals surface area contributed by atoms with Crippen LogP contribution in [0.4, 0.5) is 0 Å². The molecule has 0 aromatic heterocycles. The lowest BCUT2D eigenvalue weighted by Crippen LogP contribution is -2.45. The number of hydrogen-bond donors (Lipinski definition) is 1. The molecule has 0 saturated heterocycles. The van der Waals surface area contributed by atoms with Gasteiger partial charge in [-0.15, -0.1) is 0 Å². The fourth-order valence-corrected chi connectivity index (χ4v) is 2.52. The van der Waals surface area contributed by atoms with Gasteiger partial charge in [0, 0.05) is 18.6 Å². The first kappa shape index (κ1) is 16.9. The molecule has 0 bridgehead atoms. The Kier molecular flexibility index (Phi) is 11.0. The lowest BCUT2D eigenvalue weighted by Gasteiger charge is -2.34. The predicted molar refractivity (Wildman–Crippen MR) is 78.4 cm³/mol. The lowest BCUT2D eigenvalue weighted by molar-refractivity contribution is 0.147. The summed E-state index contributed by atoms with van der Waals surface area (Å²) in [6.07, 6.45) is 9.33. The molecule has 2 heteroatoms. The first-order chi connectivity index (χ1) is 8.17. The predicted octanol–water partition coefficient (Wildman–Crippen LogP) is 3.79. The summed E-state index contributed by atoms with van der Waals surface area (Å²) in [5.74, 6) is 0. The molecule has 0 aliphatic heterocycles. The van der Waals surface area contributed by atoms with Crippen LogP contribution in [-0.2, 0) is 0 Å². The van der Waals surface area contributed by atoms with Crippen LogP contribution in [0.15, 0.2) is 0 Å². The van der Waals surface area contributed by atoms with Gasteiger partial charge in [-0.25, -0.2) is 0 Å². The van der Waals surface area contributed by atoms with Crippen molar-refractivity contribution in [2.24, 2.45) is 5.73 Å². The second-order valence-electron chi connectivity index (χ2n) is 5.42. The molecule has 104 valence electrons. The van der Waals surface area contributed by atoms with Crippen LogP contribution in [0.1, 0.15) is 72.6 Å². The maximum atomic E-state index is 5.94. The van der Waals surface area contributed by atoms with Crippen molar-refractivity contribution in [3.05, 3.63) is 0 Å². The van der Waals surface area contributed by atoms with E-state index in [1.165, 1.54) is 51.5 Å². The Hall–Kier alpha value is -0.0800. The van der Waals surface area contributed by atoms with Gasteiger partial charge in [-0.3, -0.25) is 4.90 Å². The van der Waals surface area contributed by atoms with E-state index in [9.17, 15) is 0 Å². The molecule has 0 amide bonds. The SMILES string of the molecule is CCCCCCCC(CN)N(CCC)C(C)C. The van der Waals surface area contributed by atoms with Gasteiger partial charge in [0.1, 0.15) is 0 Å². The summed E-state index contributed by atoms with van der Waals surface area (Å²) < 4.78 is 0. The Bertz CT molecular complexity index is 157. The fraction of sp³-hybridized carbons (Fsp3) is 1.00. The molecule has 0 radical (unpaired) electrons. The molecule has 0 fully saturated rings. The van der Waals surface area contributed by atoms with Crippen molar-refractivity contribution in [1.29, 1.82) is 0 Å². The fourth-order valence-electron chi connectivity index (χ4n) is 2.52. The summed E-state index contributed by atoms with van der Waals surface area (Å²) in [7, 11) is 0. The minimum Gasteiger partial charge on any atom is -0.329 e. The zero-order valence-corrected chi connectivity index (χ0v) is 12.5. The summed E-state index contributed by atoms with van der Waals surface area (Å²) in [4.78, 5) is 2.58. The minimum atomic E-state index is 0.594. The van der Waals surface area contributed by atoms with E-state index < -0.39 is 0 Å². The van der Waals surface area contributed by atoms with E-state index in [2.05, 4.69) is 32.6 Å². The maximum Gasteiger partial charge on any atom is 0.0221 e. The van der Waals surface area contributed by atoms with Crippen molar-refractivity contribution < 1.29 is 0 Å². The standard InChI is InChI=1S/C15H34N2/c1-5-7-8-9-10-11-15(13-16)17(12-6-2)14(3)4/h14-15H,5-13,16H2,1-4H3. The van der Waals surface area contributed by atoms with Gasteiger partial charge in [0.25, 0.3) is 0 Å². The van der Waals surface area contributed by atoms with E-state index in [4.69, 9.17) is 5.73 Å². The minimum absolute atomic E-state index is 0.594. The van der Waals surface area contributed by atoms with Crippen molar-refractivity contribution in [1.82, 2.24) is 4.90 Å². The smallest absolute Gasteiger partial charge is 0.0221 e. The van der Waals surface area contributed by atoms with Gasteiger partial charge in [-0.1, -0.05) is 46.0 Å². The molecule has 0 aliphatic rings. The van der Waals surface area contributed by atoms with Crippen LogP contribution in [0.5, 0.6) is 0 Å². The number of unbranched alkanes of at least 4 members (excludes halogenated alkanes) is 4. The second-order valence-corrected chi connectivity index (χ2v) is 5.42. The molecule has 0 aromatic rings. The highest BCUT2D eigenvalue weighted by Crippen LogP contribution is 2.14. The van der Waals surface area contributed by atoms with E-state index in [0.717, 1.165) is 6.54 Å². The van der Waals surface area contributed by atoms with Gasteiger partial charge < -0.3 is 5.73 Å². The van der Waals surface area contributed by atoms with Gasteiger partial charge in [0.05, 0.1) is 0 Å². The van der Waals surface area contributed by atoms with Gasteiger partial charge in [0.15, 0.2) is 0 Å². The summed E-state index contributed by atoms with van der Waals surface area (Å²) in [6, 6.07) is 1.22. The quantitative estimate of drug-likeness (QED) is 0.558. The first-order valence-electron chi connectivity index (χ1n) is 7.63. The third-order valence-electron chi connectivity index (χ3n) is 3.53. The zero-order chi connectivity index (χ0) is 13.1. The van der Waals surface area contributed by atoms with E-state index in [1.54, 1.807) is 0 Å². The van der Waals surface area contributed by atoms with E-state index in [1.807, 2.05) is 0 Å². The summed E-state index contributed by atoms with van der Waals surface area (Å²) in [5, 5.41) is 0.